The minimum absolute atomic E-state index is 0.0306. The topological polar surface area (TPSA) is 290 Å². The van der Waals surface area contributed by atoms with Gasteiger partial charge in [0.25, 0.3) is 0 Å². The van der Waals surface area contributed by atoms with Crippen LogP contribution in [0.4, 0.5) is 32.3 Å². The van der Waals surface area contributed by atoms with Crippen LogP contribution in [0.2, 0.25) is 0 Å². The summed E-state index contributed by atoms with van der Waals surface area (Å²) in [7, 11) is -6.03. The molecule has 0 rings (SSSR count). The van der Waals surface area contributed by atoms with Crippen LogP contribution in [0.3, 0.4) is 0 Å². The van der Waals surface area contributed by atoms with Gasteiger partial charge < -0.3 is 36.1 Å². The number of carbonyl (C=O) groups is 4. The summed E-state index contributed by atoms with van der Waals surface area (Å²) in [5, 5.41) is 8.00. The fourth-order valence-electron chi connectivity index (χ4n) is 2.36. The largest absolute Gasteiger partial charge is 0.518 e. The lowest BCUT2D eigenvalue weighted by molar-refractivity contribution is -0.0436. The Morgan fingerprint density at radius 1 is 0.538 bits per heavy atom. The van der Waals surface area contributed by atoms with E-state index in [9.17, 15) is 40.8 Å². The summed E-state index contributed by atoms with van der Waals surface area (Å²) >= 11 is 0. The Morgan fingerprint density at radius 2 is 0.808 bits per heavy atom. The summed E-state index contributed by atoms with van der Waals surface area (Å²) in [6.07, 6.45) is -2.53. The van der Waals surface area contributed by atoms with Gasteiger partial charge >= 0.3 is 39.9 Å². The molecule has 0 aromatic heterocycles. The third-order valence-electron chi connectivity index (χ3n) is 4.02. The summed E-state index contributed by atoms with van der Waals surface area (Å²) in [4.78, 5) is 50.7. The van der Waals surface area contributed by atoms with Crippen LogP contribution in [0.15, 0.2) is 9.39 Å². The number of nitrogens with two attached hydrogens (primary N) is 3. The highest BCUT2D eigenvalue weighted by Gasteiger charge is 2.46. The molecule has 0 aliphatic carbocycles. The highest BCUT2D eigenvalue weighted by atomic mass is 32.2. The van der Waals surface area contributed by atoms with Crippen molar-refractivity contribution in [3.05, 3.63) is 0 Å². The Balaban J connectivity index is -0.000000820. The van der Waals surface area contributed by atoms with E-state index in [-0.39, 0.29) is 5.96 Å². The van der Waals surface area contributed by atoms with Crippen LogP contribution in [0.5, 0.6) is 0 Å². The van der Waals surface area contributed by atoms with Crippen molar-refractivity contribution in [2.24, 2.45) is 26.6 Å². The quantitative estimate of drug-likeness (QED) is 0.0883. The van der Waals surface area contributed by atoms with E-state index in [1.807, 2.05) is 0 Å². The van der Waals surface area contributed by atoms with Crippen molar-refractivity contribution in [3.63, 3.8) is 0 Å². The van der Waals surface area contributed by atoms with Crippen LogP contribution < -0.4 is 38.5 Å². The molecule has 0 unspecified atom stereocenters. The van der Waals surface area contributed by atoms with Crippen molar-refractivity contribution in [1.82, 2.24) is 21.3 Å². The normalized spacial score (nSPS) is 11.8. The molecule has 0 spiro atoms. The van der Waals surface area contributed by atoms with E-state index in [0.717, 1.165) is 19.5 Å². The van der Waals surface area contributed by atoms with E-state index in [2.05, 4.69) is 20.0 Å². The van der Waals surface area contributed by atoms with Gasteiger partial charge in [0.2, 0.25) is 11.9 Å². The van der Waals surface area contributed by atoms with Crippen molar-refractivity contribution < 1.29 is 59.7 Å². The molecule has 23 heteroatoms. The van der Waals surface area contributed by atoms with Gasteiger partial charge in [0.1, 0.15) is 22.4 Å². The van der Waals surface area contributed by atoms with Gasteiger partial charge in [-0.15, -0.1) is 4.40 Å². The number of guanidine groups is 2. The fraction of sp³-hybridized carbons (Fsp3) is 0.793. The maximum absolute atomic E-state index is 12.4. The molecule has 10 N–H and O–H groups in total. The number of ether oxygens (including phenoxy) is 4. The Hall–Kier alpha value is -3.96. The molecule has 52 heavy (non-hydrogen) atoms. The first kappa shape index (κ1) is 52.4. The first-order chi connectivity index (χ1) is 23.2. The monoisotopic (exact) mass is 781 g/mol. The summed E-state index contributed by atoms with van der Waals surface area (Å²) in [5.74, 6) is -1.35. The number of hydrogen-bond donors (Lipinski definition) is 7. The maximum Gasteiger partial charge on any atom is 0.518 e. The van der Waals surface area contributed by atoms with Crippen molar-refractivity contribution in [2.75, 3.05) is 26.2 Å². The molecule has 0 aliphatic heterocycles. The van der Waals surface area contributed by atoms with Crippen LogP contribution in [-0.4, -0.2) is 98.8 Å². The molecule has 306 valence electrons. The van der Waals surface area contributed by atoms with Crippen LogP contribution in [-0.2, 0) is 29.0 Å². The molecular formula is C29H58F3N9O10S. The number of nitrogens with one attached hydrogen (secondary N) is 4. The van der Waals surface area contributed by atoms with E-state index in [1.54, 1.807) is 52.2 Å². The Morgan fingerprint density at radius 3 is 1.02 bits per heavy atom. The minimum Gasteiger partial charge on any atom is -0.444 e. The second-order valence-electron chi connectivity index (χ2n) is 14.2. The second kappa shape index (κ2) is 22.9. The van der Waals surface area contributed by atoms with E-state index in [4.69, 9.17) is 36.1 Å². The zero-order chi connectivity index (χ0) is 41.8. The molecule has 0 heterocycles. The lowest BCUT2D eigenvalue weighted by Gasteiger charge is -2.22. The molecule has 0 atom stereocenters. The first-order valence-corrected chi connectivity index (χ1v) is 17.2. The fourth-order valence-corrected chi connectivity index (χ4v) is 2.80. The standard InChI is InChI=1S/C14H28N4O4.C12H20F3N3O6S.C3H10N2/c1-13(2,3)21-11(19)17-10(16-9-7-8-15)18-12(20)22-14(4,5)6;1-10(2,3)23-8(19)16-7(17-9(20)24-11(4,5)6)18-25(21,22)12(13,14)15;4-2-1-3-5/h7-9,15H2,1-6H3,(H2,16,17,18,19,20);1-6H3,(H2,16,17,18,19,20);1-5H2. The molecule has 0 aromatic rings. The van der Waals surface area contributed by atoms with E-state index < -0.39 is 68.3 Å². The van der Waals surface area contributed by atoms with Gasteiger partial charge in [-0.3, -0.25) is 26.3 Å². The SMILES string of the molecule is CC(C)(C)OC(=O)NC(=NCCCN)NC(=O)OC(C)(C)C.CC(C)(C)OC(=O)NC(=NS(=O)(=O)C(F)(F)F)NC(=O)OC(C)(C)C.NCCCN. The van der Waals surface area contributed by atoms with Crippen molar-refractivity contribution in [1.29, 1.82) is 0 Å². The molecule has 0 radical (unpaired) electrons. The zero-order valence-electron chi connectivity index (χ0n) is 32.0. The number of alkyl halides is 3. The summed E-state index contributed by atoms with van der Waals surface area (Å²) in [5.41, 5.74) is 6.39. The third kappa shape index (κ3) is 33.2. The number of alkyl carbamates (subject to hydrolysis) is 4. The minimum atomic E-state index is -6.03. The highest BCUT2D eigenvalue weighted by molar-refractivity contribution is 7.91. The van der Waals surface area contributed by atoms with Crippen molar-refractivity contribution >= 4 is 46.3 Å². The summed E-state index contributed by atoms with van der Waals surface area (Å²) < 4.78 is 81.6. The highest BCUT2D eigenvalue weighted by Crippen LogP contribution is 2.24. The van der Waals surface area contributed by atoms with Gasteiger partial charge in [0.05, 0.1) is 0 Å². The van der Waals surface area contributed by atoms with E-state index in [1.165, 1.54) is 41.5 Å². The molecule has 0 saturated heterocycles. The molecule has 4 amide bonds. The maximum atomic E-state index is 12.4. The Kier molecular flexibility index (Phi) is 23.0. The smallest absolute Gasteiger partial charge is 0.444 e. The molecule has 0 fully saturated rings. The van der Waals surface area contributed by atoms with Crippen LogP contribution in [0.1, 0.15) is 95.9 Å². The van der Waals surface area contributed by atoms with Gasteiger partial charge in [0.15, 0.2) is 0 Å². The lowest BCUT2D eigenvalue weighted by atomic mass is 10.2. The number of sulfonamides is 1. The van der Waals surface area contributed by atoms with Gasteiger partial charge in [-0.2, -0.15) is 21.6 Å². The molecule has 0 aromatic carbocycles. The van der Waals surface area contributed by atoms with Gasteiger partial charge in [-0.1, -0.05) is 0 Å². The predicted octanol–water partition coefficient (Wildman–Crippen LogP) is 3.28. The molecule has 0 bridgehead atoms. The lowest BCUT2D eigenvalue weighted by Crippen LogP contribution is -2.48. The zero-order valence-corrected chi connectivity index (χ0v) is 32.8. The molecule has 0 aliphatic rings. The van der Waals surface area contributed by atoms with Crippen LogP contribution >= 0.6 is 0 Å². The van der Waals surface area contributed by atoms with Crippen LogP contribution in [0, 0.1) is 0 Å². The number of nitrogens with zero attached hydrogens (tertiary/aromatic N) is 2. The number of rotatable bonds is 6. The number of aliphatic imine (C=N–C) groups is 1. The van der Waals surface area contributed by atoms with Crippen molar-refractivity contribution in [2.45, 2.75) is 124 Å². The predicted molar refractivity (Wildman–Crippen MR) is 189 cm³/mol. The molecular weight excluding hydrogens is 723 g/mol. The number of carbonyl (C=O) groups excluding carboxylic acids is 4. The third-order valence-corrected chi connectivity index (χ3v) is 5.03. The van der Waals surface area contributed by atoms with Crippen LogP contribution in [0.25, 0.3) is 0 Å². The van der Waals surface area contributed by atoms with Crippen molar-refractivity contribution in [3.8, 4) is 0 Å². The molecule has 19 nitrogen and oxygen atoms in total. The Labute approximate surface area is 303 Å². The first-order valence-electron chi connectivity index (χ1n) is 15.7. The average molecular weight is 782 g/mol. The van der Waals surface area contributed by atoms with E-state index in [0.29, 0.717) is 19.5 Å². The average Bonchev–Trinajstić information content (AvgIpc) is 2.84. The summed E-state index contributed by atoms with van der Waals surface area (Å²) in [6.45, 7) is 21.4. The number of halogens is 3. The number of hydrogen-bond acceptors (Lipinski definition) is 14. The Bertz CT molecular complexity index is 1230. The number of amides is 4. The van der Waals surface area contributed by atoms with Gasteiger partial charge in [-0.25, -0.2) is 19.2 Å². The summed E-state index contributed by atoms with van der Waals surface area (Å²) in [6, 6.07) is 0. The second-order valence-corrected chi connectivity index (χ2v) is 15.8. The van der Waals surface area contributed by atoms with E-state index >= 15 is 0 Å². The van der Waals surface area contributed by atoms with Gasteiger partial charge in [0, 0.05) is 6.54 Å². The molecule has 0 saturated carbocycles. The van der Waals surface area contributed by atoms with Gasteiger partial charge in [-0.05, 0) is 116 Å².